The Morgan fingerprint density at radius 3 is 2.71 bits per heavy atom. The lowest BCUT2D eigenvalue weighted by Gasteiger charge is -2.06. The zero-order chi connectivity index (χ0) is 12.8. The van der Waals surface area contributed by atoms with E-state index < -0.39 is 0 Å². The van der Waals surface area contributed by atoms with Gasteiger partial charge >= 0.3 is 0 Å². The van der Waals surface area contributed by atoms with E-state index in [4.69, 9.17) is 11.6 Å². The van der Waals surface area contributed by atoms with Gasteiger partial charge in [-0.3, -0.25) is 9.48 Å². The van der Waals surface area contributed by atoms with Crippen LogP contribution in [0.25, 0.3) is 0 Å². The van der Waals surface area contributed by atoms with Crippen molar-refractivity contribution in [1.82, 2.24) is 20.4 Å². The molecular weight excluding hydrogens is 240 g/mol. The SMILES string of the molecule is CCc1nn(CC)c(CNCC(=O)NC)c1Cl. The normalized spacial score (nSPS) is 10.6. The maximum atomic E-state index is 11.1. The first-order valence-electron chi connectivity index (χ1n) is 5.79. The van der Waals surface area contributed by atoms with Gasteiger partial charge in [-0.1, -0.05) is 18.5 Å². The van der Waals surface area contributed by atoms with E-state index in [2.05, 4.69) is 15.7 Å². The van der Waals surface area contributed by atoms with Gasteiger partial charge in [-0.15, -0.1) is 0 Å². The van der Waals surface area contributed by atoms with Crippen molar-refractivity contribution >= 4 is 17.5 Å². The summed E-state index contributed by atoms with van der Waals surface area (Å²) in [5.41, 5.74) is 1.85. The van der Waals surface area contributed by atoms with Crippen molar-refractivity contribution in [3.8, 4) is 0 Å². The summed E-state index contributed by atoms with van der Waals surface area (Å²) in [6.07, 6.45) is 0.814. The minimum Gasteiger partial charge on any atom is -0.358 e. The maximum absolute atomic E-state index is 11.1. The van der Waals surface area contributed by atoms with Crippen LogP contribution in [0.5, 0.6) is 0 Å². The molecule has 0 aliphatic heterocycles. The van der Waals surface area contributed by atoms with Gasteiger partial charge < -0.3 is 10.6 Å². The molecule has 0 aliphatic carbocycles. The summed E-state index contributed by atoms with van der Waals surface area (Å²) in [6.45, 7) is 5.65. The number of hydrogen-bond donors (Lipinski definition) is 2. The average molecular weight is 259 g/mol. The number of aromatic nitrogens is 2. The van der Waals surface area contributed by atoms with E-state index in [1.165, 1.54) is 0 Å². The molecule has 17 heavy (non-hydrogen) atoms. The van der Waals surface area contributed by atoms with Crippen LogP contribution in [0.3, 0.4) is 0 Å². The quantitative estimate of drug-likeness (QED) is 0.799. The number of likely N-dealkylation sites (N-methyl/N-ethyl adjacent to an activating group) is 1. The second-order valence-corrected chi connectivity index (χ2v) is 4.03. The van der Waals surface area contributed by atoms with Crippen LogP contribution in [0.1, 0.15) is 25.2 Å². The molecule has 0 radical (unpaired) electrons. The lowest BCUT2D eigenvalue weighted by Crippen LogP contribution is -2.31. The fraction of sp³-hybridized carbons (Fsp3) is 0.636. The molecule has 0 fully saturated rings. The second kappa shape index (κ2) is 6.61. The maximum Gasteiger partial charge on any atom is 0.233 e. The predicted octanol–water partition coefficient (Wildman–Crippen LogP) is 0.954. The van der Waals surface area contributed by atoms with Crippen molar-refractivity contribution in [3.63, 3.8) is 0 Å². The Morgan fingerprint density at radius 1 is 1.47 bits per heavy atom. The van der Waals surface area contributed by atoms with Crippen LogP contribution in [0.4, 0.5) is 0 Å². The summed E-state index contributed by atoms with van der Waals surface area (Å²) in [4.78, 5) is 11.1. The summed E-state index contributed by atoms with van der Waals surface area (Å²) in [5, 5.41) is 10.7. The number of rotatable bonds is 6. The first-order valence-corrected chi connectivity index (χ1v) is 6.17. The summed E-state index contributed by atoms with van der Waals surface area (Å²) < 4.78 is 1.87. The number of aryl methyl sites for hydroxylation is 2. The van der Waals surface area contributed by atoms with Gasteiger partial charge in [-0.25, -0.2) is 0 Å². The molecular formula is C11H19ClN4O. The molecule has 1 aromatic rings. The van der Waals surface area contributed by atoms with Crippen LogP contribution in [-0.2, 0) is 24.3 Å². The molecule has 0 atom stereocenters. The molecule has 1 heterocycles. The van der Waals surface area contributed by atoms with E-state index in [9.17, 15) is 4.79 Å². The number of carbonyl (C=O) groups is 1. The minimum atomic E-state index is -0.0422. The molecule has 1 rings (SSSR count). The Hall–Kier alpha value is -1.07. The van der Waals surface area contributed by atoms with Crippen molar-refractivity contribution in [2.24, 2.45) is 0 Å². The lowest BCUT2D eigenvalue weighted by atomic mass is 10.3. The first kappa shape index (κ1) is 14.0. The Bertz CT molecular complexity index is 389. The van der Waals surface area contributed by atoms with Gasteiger partial charge in [0.1, 0.15) is 0 Å². The molecule has 5 nitrogen and oxygen atoms in total. The average Bonchev–Trinajstić information content (AvgIpc) is 2.65. The number of hydrogen-bond acceptors (Lipinski definition) is 3. The number of carbonyl (C=O) groups excluding carboxylic acids is 1. The third-order valence-corrected chi connectivity index (χ3v) is 2.99. The van der Waals surface area contributed by atoms with Gasteiger partial charge in [0.05, 0.1) is 23.0 Å². The molecule has 0 aliphatic rings. The van der Waals surface area contributed by atoms with Crippen LogP contribution in [0.2, 0.25) is 5.02 Å². The van der Waals surface area contributed by atoms with Crippen molar-refractivity contribution < 1.29 is 4.79 Å². The molecule has 96 valence electrons. The molecule has 0 saturated carbocycles. The topological polar surface area (TPSA) is 59.0 Å². The highest BCUT2D eigenvalue weighted by atomic mass is 35.5. The number of halogens is 1. The molecule has 0 bridgehead atoms. The van der Waals surface area contributed by atoms with E-state index >= 15 is 0 Å². The van der Waals surface area contributed by atoms with Gasteiger partial charge in [0.25, 0.3) is 0 Å². The van der Waals surface area contributed by atoms with E-state index in [0.717, 1.165) is 24.4 Å². The number of nitrogens with zero attached hydrogens (tertiary/aromatic N) is 2. The highest BCUT2D eigenvalue weighted by Crippen LogP contribution is 2.21. The predicted molar refractivity (Wildman–Crippen MR) is 68.1 cm³/mol. The van der Waals surface area contributed by atoms with E-state index in [1.54, 1.807) is 7.05 Å². The summed E-state index contributed by atoms with van der Waals surface area (Å²) in [7, 11) is 1.61. The molecule has 1 amide bonds. The lowest BCUT2D eigenvalue weighted by molar-refractivity contribution is -0.119. The van der Waals surface area contributed by atoms with Gasteiger partial charge in [-0.05, 0) is 13.3 Å². The summed E-state index contributed by atoms with van der Waals surface area (Å²) in [6, 6.07) is 0. The van der Waals surface area contributed by atoms with E-state index in [1.807, 2.05) is 18.5 Å². The standard InChI is InChI=1S/C11H19ClN4O/c1-4-8-11(12)9(16(5-2)15-8)6-14-7-10(17)13-3/h14H,4-7H2,1-3H3,(H,13,17). The van der Waals surface area contributed by atoms with Gasteiger partial charge in [0.2, 0.25) is 5.91 Å². The smallest absolute Gasteiger partial charge is 0.233 e. The minimum absolute atomic E-state index is 0.0422. The van der Waals surface area contributed by atoms with Crippen LogP contribution in [0.15, 0.2) is 0 Å². The van der Waals surface area contributed by atoms with E-state index in [-0.39, 0.29) is 12.5 Å². The molecule has 6 heteroatoms. The summed E-state index contributed by atoms with van der Waals surface area (Å²) >= 11 is 6.23. The Kier molecular flexibility index (Phi) is 5.44. The third kappa shape index (κ3) is 3.44. The van der Waals surface area contributed by atoms with Crippen molar-refractivity contribution in [3.05, 3.63) is 16.4 Å². The molecule has 0 aromatic carbocycles. The van der Waals surface area contributed by atoms with Crippen molar-refractivity contribution in [1.29, 1.82) is 0 Å². The number of nitrogens with one attached hydrogen (secondary N) is 2. The van der Waals surface area contributed by atoms with Crippen LogP contribution in [0, 0.1) is 0 Å². The monoisotopic (exact) mass is 258 g/mol. The Morgan fingerprint density at radius 2 is 2.18 bits per heavy atom. The number of amides is 1. The summed E-state index contributed by atoms with van der Waals surface area (Å²) in [5.74, 6) is -0.0422. The van der Waals surface area contributed by atoms with Gasteiger partial charge in [0, 0.05) is 20.1 Å². The molecule has 0 spiro atoms. The molecule has 1 aromatic heterocycles. The zero-order valence-electron chi connectivity index (χ0n) is 10.5. The van der Waals surface area contributed by atoms with Crippen molar-refractivity contribution in [2.45, 2.75) is 33.4 Å². The Balaban J connectivity index is 2.69. The molecule has 0 saturated heterocycles. The van der Waals surface area contributed by atoms with E-state index in [0.29, 0.717) is 11.6 Å². The fourth-order valence-electron chi connectivity index (χ4n) is 1.57. The van der Waals surface area contributed by atoms with Crippen LogP contribution in [-0.4, -0.2) is 29.3 Å². The first-order chi connectivity index (χ1) is 8.13. The van der Waals surface area contributed by atoms with Gasteiger partial charge in [0.15, 0.2) is 0 Å². The second-order valence-electron chi connectivity index (χ2n) is 3.65. The zero-order valence-corrected chi connectivity index (χ0v) is 11.3. The van der Waals surface area contributed by atoms with Crippen molar-refractivity contribution in [2.75, 3.05) is 13.6 Å². The highest BCUT2D eigenvalue weighted by Gasteiger charge is 2.13. The third-order valence-electron chi connectivity index (χ3n) is 2.55. The fourth-order valence-corrected chi connectivity index (χ4v) is 1.90. The van der Waals surface area contributed by atoms with Crippen LogP contribution < -0.4 is 10.6 Å². The largest absolute Gasteiger partial charge is 0.358 e. The molecule has 2 N–H and O–H groups in total. The van der Waals surface area contributed by atoms with Crippen LogP contribution >= 0.6 is 11.6 Å². The Labute approximate surface area is 107 Å². The van der Waals surface area contributed by atoms with Gasteiger partial charge in [-0.2, -0.15) is 5.10 Å². The molecule has 0 unspecified atom stereocenters. The highest BCUT2D eigenvalue weighted by molar-refractivity contribution is 6.31.